The van der Waals surface area contributed by atoms with Gasteiger partial charge in [-0.1, -0.05) is 0 Å². The zero-order valence-corrected chi connectivity index (χ0v) is 9.74. The van der Waals surface area contributed by atoms with Crippen LogP contribution in [0.25, 0.3) is 10.6 Å². The highest BCUT2D eigenvalue weighted by Crippen LogP contribution is 2.30. The van der Waals surface area contributed by atoms with Gasteiger partial charge >= 0.3 is 0 Å². The van der Waals surface area contributed by atoms with E-state index in [1.807, 2.05) is 5.38 Å². The molecule has 62 valence electrons. The first kappa shape index (κ1) is 8.46. The largest absolute Gasteiger partial charge is 0.375 e. The summed E-state index contributed by atoms with van der Waals surface area (Å²) in [5.74, 6) is 0. The molecule has 0 aliphatic carbocycles. The lowest BCUT2D eigenvalue weighted by Crippen LogP contribution is -1.80. The Morgan fingerprint density at radius 1 is 1.42 bits per heavy atom. The molecule has 2 heterocycles. The van der Waals surface area contributed by atoms with Gasteiger partial charge in [0.2, 0.25) is 0 Å². The zero-order chi connectivity index (χ0) is 8.55. The molecule has 0 saturated carbocycles. The van der Waals surface area contributed by atoms with Gasteiger partial charge in [-0.15, -0.1) is 22.7 Å². The number of hydrogen-bond donors (Lipinski definition) is 1. The van der Waals surface area contributed by atoms with E-state index in [-0.39, 0.29) is 0 Å². The molecule has 0 bridgehead atoms. The molecule has 0 aliphatic rings. The number of nitrogens with two attached hydrogens (primary N) is 1. The zero-order valence-electron chi connectivity index (χ0n) is 5.95. The van der Waals surface area contributed by atoms with Crippen LogP contribution >= 0.6 is 45.3 Å². The lowest BCUT2D eigenvalue weighted by Gasteiger charge is -1.85. The first-order valence-corrected chi connectivity index (χ1v) is 6.00. The number of hydrogen-bond acceptors (Lipinski definition) is 4. The van der Waals surface area contributed by atoms with Crippen LogP contribution in [0, 0.1) is 2.88 Å². The second-order valence-corrected chi connectivity index (χ2v) is 6.04. The number of nitrogen functional groups attached to an aromatic ring is 1. The summed E-state index contributed by atoms with van der Waals surface area (Å²) in [7, 11) is 0. The van der Waals surface area contributed by atoms with E-state index >= 15 is 0 Å². The predicted molar refractivity (Wildman–Crippen MR) is 62.6 cm³/mol. The van der Waals surface area contributed by atoms with E-state index in [1.54, 1.807) is 11.3 Å². The summed E-state index contributed by atoms with van der Waals surface area (Å²) < 4.78 is 1.27. The van der Waals surface area contributed by atoms with Crippen LogP contribution in [0.1, 0.15) is 0 Å². The average molecular weight is 308 g/mol. The molecule has 0 atom stereocenters. The van der Waals surface area contributed by atoms with Gasteiger partial charge in [-0.3, -0.25) is 0 Å². The molecule has 0 unspecified atom stereocenters. The van der Waals surface area contributed by atoms with E-state index in [0.717, 1.165) is 5.69 Å². The molecule has 2 N–H and O–H groups in total. The minimum Gasteiger partial charge on any atom is -0.375 e. The van der Waals surface area contributed by atoms with Crippen molar-refractivity contribution in [1.82, 2.24) is 4.98 Å². The van der Waals surface area contributed by atoms with Crippen molar-refractivity contribution in [2.24, 2.45) is 0 Å². The van der Waals surface area contributed by atoms with Gasteiger partial charge in [0.25, 0.3) is 0 Å². The van der Waals surface area contributed by atoms with Gasteiger partial charge in [0, 0.05) is 5.38 Å². The molecule has 0 saturated heterocycles. The number of anilines is 1. The highest BCUT2D eigenvalue weighted by atomic mass is 127. The van der Waals surface area contributed by atoms with Gasteiger partial charge in [-0.2, -0.15) is 0 Å². The first-order valence-electron chi connectivity index (χ1n) is 3.22. The van der Waals surface area contributed by atoms with Crippen molar-refractivity contribution in [3.63, 3.8) is 0 Å². The monoisotopic (exact) mass is 308 g/mol. The highest BCUT2D eigenvalue weighted by molar-refractivity contribution is 14.1. The lowest BCUT2D eigenvalue weighted by atomic mass is 10.4. The number of aromatic nitrogens is 1. The topological polar surface area (TPSA) is 38.9 Å². The number of halogens is 1. The molecular weight excluding hydrogens is 303 g/mol. The van der Waals surface area contributed by atoms with Crippen LogP contribution in [0.15, 0.2) is 17.5 Å². The van der Waals surface area contributed by atoms with E-state index in [0.29, 0.717) is 5.13 Å². The Morgan fingerprint density at radius 3 is 2.75 bits per heavy atom. The Bertz CT molecular complexity index is 355. The minimum atomic E-state index is 0.633. The summed E-state index contributed by atoms with van der Waals surface area (Å²) in [6.07, 6.45) is 0. The summed E-state index contributed by atoms with van der Waals surface area (Å²) in [4.78, 5) is 5.39. The van der Waals surface area contributed by atoms with E-state index in [1.165, 1.54) is 19.1 Å². The fourth-order valence-corrected chi connectivity index (χ4v) is 3.07. The number of thiazole rings is 1. The molecule has 0 fully saturated rings. The van der Waals surface area contributed by atoms with Gasteiger partial charge in [-0.05, 0) is 34.7 Å². The van der Waals surface area contributed by atoms with Gasteiger partial charge < -0.3 is 5.73 Å². The summed E-state index contributed by atoms with van der Waals surface area (Å²) in [5, 5.41) is 2.62. The lowest BCUT2D eigenvalue weighted by molar-refractivity contribution is 1.43. The predicted octanol–water partition coefficient (Wildman–Crippen LogP) is 3.06. The third-order valence-corrected chi connectivity index (χ3v) is 3.94. The van der Waals surface area contributed by atoms with Crippen LogP contribution in [-0.4, -0.2) is 4.98 Å². The fraction of sp³-hybridized carbons (Fsp3) is 0. The van der Waals surface area contributed by atoms with Crippen molar-refractivity contribution in [3.05, 3.63) is 20.4 Å². The minimum absolute atomic E-state index is 0.633. The molecule has 0 radical (unpaired) electrons. The van der Waals surface area contributed by atoms with Crippen molar-refractivity contribution >= 4 is 50.4 Å². The van der Waals surface area contributed by atoms with Gasteiger partial charge in [0.15, 0.2) is 5.13 Å². The van der Waals surface area contributed by atoms with Crippen LogP contribution in [0.4, 0.5) is 5.13 Å². The maximum absolute atomic E-state index is 5.53. The average Bonchev–Trinajstić information content (AvgIpc) is 2.58. The van der Waals surface area contributed by atoms with Gasteiger partial charge in [-0.25, -0.2) is 4.98 Å². The van der Waals surface area contributed by atoms with E-state index in [2.05, 4.69) is 39.7 Å². The first-order chi connectivity index (χ1) is 5.75. The van der Waals surface area contributed by atoms with Crippen molar-refractivity contribution in [3.8, 4) is 10.6 Å². The van der Waals surface area contributed by atoms with Crippen LogP contribution in [-0.2, 0) is 0 Å². The van der Waals surface area contributed by atoms with Crippen molar-refractivity contribution < 1.29 is 0 Å². The van der Waals surface area contributed by atoms with E-state index < -0.39 is 0 Å². The standard InChI is InChI=1S/C7H5IN2S2/c8-6-2-1-5(12-6)4-3-11-7(9)10-4/h1-3H,(H2,9,10). The molecule has 2 aromatic heterocycles. The van der Waals surface area contributed by atoms with Crippen LogP contribution in [0.3, 0.4) is 0 Å². The Balaban J connectivity index is 2.43. The second kappa shape index (κ2) is 3.31. The molecule has 2 nitrogen and oxygen atoms in total. The normalized spacial score (nSPS) is 10.4. The summed E-state index contributed by atoms with van der Waals surface area (Å²) in [6, 6.07) is 4.15. The number of nitrogens with zero attached hydrogens (tertiary/aromatic N) is 1. The van der Waals surface area contributed by atoms with Crippen LogP contribution in [0.5, 0.6) is 0 Å². The molecule has 5 heteroatoms. The summed E-state index contributed by atoms with van der Waals surface area (Å²) in [6.45, 7) is 0. The maximum Gasteiger partial charge on any atom is 0.180 e. The molecule has 0 spiro atoms. The SMILES string of the molecule is Nc1nc(-c2ccc(I)s2)cs1. The van der Waals surface area contributed by atoms with Crippen LogP contribution in [0.2, 0.25) is 0 Å². The van der Waals surface area contributed by atoms with Crippen molar-refractivity contribution in [2.75, 3.05) is 5.73 Å². The van der Waals surface area contributed by atoms with Gasteiger partial charge in [0.05, 0.1) is 13.5 Å². The maximum atomic E-state index is 5.53. The van der Waals surface area contributed by atoms with Crippen LogP contribution < -0.4 is 5.73 Å². The number of rotatable bonds is 1. The smallest absolute Gasteiger partial charge is 0.180 e. The van der Waals surface area contributed by atoms with E-state index in [9.17, 15) is 0 Å². The Kier molecular flexibility index (Phi) is 2.33. The Morgan fingerprint density at radius 2 is 2.25 bits per heavy atom. The molecule has 0 aromatic carbocycles. The second-order valence-electron chi connectivity index (χ2n) is 2.17. The Labute approximate surface area is 91.6 Å². The quantitative estimate of drug-likeness (QED) is 0.822. The highest BCUT2D eigenvalue weighted by Gasteiger charge is 2.04. The molecule has 0 aliphatic heterocycles. The van der Waals surface area contributed by atoms with Gasteiger partial charge in [0.1, 0.15) is 0 Å². The number of thiophene rings is 1. The summed E-state index contributed by atoms with van der Waals surface area (Å²) >= 11 is 5.51. The molecule has 0 amide bonds. The van der Waals surface area contributed by atoms with Crippen molar-refractivity contribution in [2.45, 2.75) is 0 Å². The molecule has 12 heavy (non-hydrogen) atoms. The van der Waals surface area contributed by atoms with E-state index in [4.69, 9.17) is 5.73 Å². The molecule has 2 rings (SSSR count). The molecule has 2 aromatic rings. The third-order valence-electron chi connectivity index (χ3n) is 1.35. The van der Waals surface area contributed by atoms with Crippen molar-refractivity contribution in [1.29, 1.82) is 0 Å². The molecular formula is C7H5IN2S2. The Hall–Kier alpha value is -0.140. The third kappa shape index (κ3) is 1.62. The summed E-state index contributed by atoms with van der Waals surface area (Å²) in [5.41, 5.74) is 6.52. The fourth-order valence-electron chi connectivity index (χ4n) is 0.853.